The highest BCUT2D eigenvalue weighted by Crippen LogP contribution is 2.30. The van der Waals surface area contributed by atoms with Crippen molar-refractivity contribution in [3.63, 3.8) is 0 Å². The van der Waals surface area contributed by atoms with Crippen molar-refractivity contribution in [2.75, 3.05) is 18.6 Å². The molecule has 0 spiro atoms. The monoisotopic (exact) mass is 363 g/mol. The van der Waals surface area contributed by atoms with Crippen LogP contribution in [0.2, 0.25) is 0 Å². The lowest BCUT2D eigenvalue weighted by Gasteiger charge is -2.25. The second-order valence-electron chi connectivity index (χ2n) is 5.88. The number of para-hydroxylation sites is 4. The van der Waals surface area contributed by atoms with Crippen molar-refractivity contribution < 1.29 is 19.4 Å². The standard InChI is InChI=1S/C22H21NO4/c1-26-21-14-8-6-12-19(21)23(15-17-9-5-7-13-20(17)24)22(25)16-27-18-10-3-2-4-11-18/h2-14,24H,15-16H2,1H3. The first-order valence-corrected chi connectivity index (χ1v) is 8.57. The Morgan fingerprint density at radius 1 is 0.926 bits per heavy atom. The van der Waals surface area contributed by atoms with Crippen LogP contribution >= 0.6 is 0 Å². The smallest absolute Gasteiger partial charge is 0.265 e. The molecule has 0 unspecified atom stereocenters. The SMILES string of the molecule is COc1ccccc1N(Cc1ccccc1O)C(=O)COc1ccccc1. The van der Waals surface area contributed by atoms with Gasteiger partial charge in [0.15, 0.2) is 6.61 Å². The molecule has 0 aliphatic heterocycles. The predicted molar refractivity (Wildman–Crippen MR) is 104 cm³/mol. The number of methoxy groups -OCH3 is 1. The molecule has 0 bridgehead atoms. The van der Waals surface area contributed by atoms with Gasteiger partial charge in [0.25, 0.3) is 5.91 Å². The van der Waals surface area contributed by atoms with Crippen LogP contribution < -0.4 is 14.4 Å². The summed E-state index contributed by atoms with van der Waals surface area (Å²) in [5, 5.41) is 10.1. The average molecular weight is 363 g/mol. The predicted octanol–water partition coefficient (Wildman–Crippen LogP) is 4.01. The van der Waals surface area contributed by atoms with E-state index in [0.717, 1.165) is 0 Å². The summed E-state index contributed by atoms with van der Waals surface area (Å²) < 4.78 is 11.0. The van der Waals surface area contributed by atoms with E-state index in [-0.39, 0.29) is 24.8 Å². The molecule has 1 amide bonds. The lowest BCUT2D eigenvalue weighted by Crippen LogP contribution is -2.34. The number of carbonyl (C=O) groups excluding carboxylic acids is 1. The van der Waals surface area contributed by atoms with Crippen LogP contribution in [0, 0.1) is 0 Å². The number of nitrogens with zero attached hydrogens (tertiary/aromatic N) is 1. The van der Waals surface area contributed by atoms with Crippen molar-refractivity contribution in [3.05, 3.63) is 84.4 Å². The molecule has 3 aromatic carbocycles. The first kappa shape index (κ1) is 18.3. The minimum atomic E-state index is -0.244. The highest BCUT2D eigenvalue weighted by Gasteiger charge is 2.21. The van der Waals surface area contributed by atoms with Gasteiger partial charge in [-0.3, -0.25) is 4.79 Å². The van der Waals surface area contributed by atoms with Gasteiger partial charge in [0.2, 0.25) is 0 Å². The third-order valence-corrected chi connectivity index (χ3v) is 4.10. The summed E-state index contributed by atoms with van der Waals surface area (Å²) in [5.41, 5.74) is 1.25. The van der Waals surface area contributed by atoms with E-state index in [1.807, 2.05) is 36.4 Å². The lowest BCUT2D eigenvalue weighted by molar-refractivity contribution is -0.120. The van der Waals surface area contributed by atoms with Crippen molar-refractivity contribution in [3.8, 4) is 17.2 Å². The molecule has 3 aromatic rings. The van der Waals surface area contributed by atoms with Crippen molar-refractivity contribution >= 4 is 11.6 Å². The zero-order chi connectivity index (χ0) is 19.1. The zero-order valence-electron chi connectivity index (χ0n) is 15.0. The van der Waals surface area contributed by atoms with E-state index in [9.17, 15) is 9.90 Å². The summed E-state index contributed by atoms with van der Waals surface area (Å²) in [6.07, 6.45) is 0. The topological polar surface area (TPSA) is 59.0 Å². The number of ether oxygens (including phenoxy) is 2. The van der Waals surface area contributed by atoms with E-state index in [4.69, 9.17) is 9.47 Å². The quantitative estimate of drug-likeness (QED) is 0.689. The number of hydrogen-bond acceptors (Lipinski definition) is 4. The van der Waals surface area contributed by atoms with E-state index in [0.29, 0.717) is 22.7 Å². The van der Waals surface area contributed by atoms with Crippen LogP contribution in [-0.2, 0) is 11.3 Å². The molecular weight excluding hydrogens is 342 g/mol. The Kier molecular flexibility index (Phi) is 5.94. The zero-order valence-corrected chi connectivity index (χ0v) is 15.0. The molecule has 0 fully saturated rings. The summed E-state index contributed by atoms with van der Waals surface area (Å²) >= 11 is 0. The molecule has 0 aliphatic carbocycles. The fourth-order valence-corrected chi connectivity index (χ4v) is 2.72. The number of rotatable bonds is 7. The van der Waals surface area contributed by atoms with Crippen LogP contribution in [-0.4, -0.2) is 24.7 Å². The Labute approximate surface area is 158 Å². The largest absolute Gasteiger partial charge is 0.508 e. The molecule has 138 valence electrons. The van der Waals surface area contributed by atoms with E-state index in [1.54, 1.807) is 54.5 Å². The Morgan fingerprint density at radius 3 is 2.33 bits per heavy atom. The fraction of sp³-hybridized carbons (Fsp3) is 0.136. The van der Waals surface area contributed by atoms with E-state index >= 15 is 0 Å². The van der Waals surface area contributed by atoms with E-state index in [2.05, 4.69) is 0 Å². The highest BCUT2D eigenvalue weighted by molar-refractivity contribution is 5.95. The van der Waals surface area contributed by atoms with Crippen molar-refractivity contribution in [2.24, 2.45) is 0 Å². The van der Waals surface area contributed by atoms with Gasteiger partial charge in [0.1, 0.15) is 17.2 Å². The molecule has 0 radical (unpaired) electrons. The van der Waals surface area contributed by atoms with Gasteiger partial charge < -0.3 is 19.5 Å². The Hall–Kier alpha value is -3.47. The molecule has 0 heterocycles. The Bertz CT molecular complexity index is 896. The number of aromatic hydroxyl groups is 1. The third-order valence-electron chi connectivity index (χ3n) is 4.10. The lowest BCUT2D eigenvalue weighted by atomic mass is 10.1. The van der Waals surface area contributed by atoms with Crippen molar-refractivity contribution in [1.82, 2.24) is 0 Å². The maximum Gasteiger partial charge on any atom is 0.265 e. The molecule has 5 heteroatoms. The molecule has 3 rings (SSSR count). The number of anilines is 1. The first-order chi connectivity index (χ1) is 13.2. The molecule has 0 atom stereocenters. The highest BCUT2D eigenvalue weighted by atomic mass is 16.5. The minimum Gasteiger partial charge on any atom is -0.508 e. The third kappa shape index (κ3) is 4.58. The van der Waals surface area contributed by atoms with Crippen LogP contribution in [0.15, 0.2) is 78.9 Å². The summed E-state index contributed by atoms with van der Waals surface area (Å²) in [5.74, 6) is 1.08. The molecule has 0 saturated carbocycles. The molecule has 0 saturated heterocycles. The Morgan fingerprint density at radius 2 is 1.59 bits per heavy atom. The molecular formula is C22H21NO4. The average Bonchev–Trinajstić information content (AvgIpc) is 2.72. The maximum absolute atomic E-state index is 13.0. The summed E-state index contributed by atoms with van der Waals surface area (Å²) in [6, 6.07) is 23.4. The van der Waals surface area contributed by atoms with Crippen LogP contribution in [0.4, 0.5) is 5.69 Å². The second-order valence-corrected chi connectivity index (χ2v) is 5.88. The van der Waals surface area contributed by atoms with Crippen LogP contribution in [0.25, 0.3) is 0 Å². The molecule has 0 aromatic heterocycles. The van der Waals surface area contributed by atoms with Crippen molar-refractivity contribution in [1.29, 1.82) is 0 Å². The normalized spacial score (nSPS) is 10.3. The van der Waals surface area contributed by atoms with Gasteiger partial charge in [-0.25, -0.2) is 0 Å². The number of carbonyl (C=O) groups is 1. The summed E-state index contributed by atoms with van der Waals surface area (Å²) in [4.78, 5) is 14.5. The van der Waals surface area contributed by atoms with Gasteiger partial charge in [-0.2, -0.15) is 0 Å². The van der Waals surface area contributed by atoms with E-state index < -0.39 is 0 Å². The number of phenolic OH excluding ortho intramolecular Hbond substituents is 1. The number of hydrogen-bond donors (Lipinski definition) is 1. The van der Waals surface area contributed by atoms with E-state index in [1.165, 1.54) is 0 Å². The fourth-order valence-electron chi connectivity index (χ4n) is 2.72. The second kappa shape index (κ2) is 8.76. The maximum atomic E-state index is 13.0. The van der Waals surface area contributed by atoms with Gasteiger partial charge >= 0.3 is 0 Å². The molecule has 0 aliphatic rings. The summed E-state index contributed by atoms with van der Waals surface area (Å²) in [7, 11) is 1.56. The van der Waals surface area contributed by atoms with Crippen LogP contribution in [0.5, 0.6) is 17.2 Å². The number of benzene rings is 3. The van der Waals surface area contributed by atoms with Gasteiger partial charge in [-0.1, -0.05) is 48.5 Å². The molecule has 5 nitrogen and oxygen atoms in total. The van der Waals surface area contributed by atoms with Crippen LogP contribution in [0.3, 0.4) is 0 Å². The summed E-state index contributed by atoms with van der Waals surface area (Å²) in [6.45, 7) is 0.0691. The van der Waals surface area contributed by atoms with Gasteiger partial charge in [-0.15, -0.1) is 0 Å². The Balaban J connectivity index is 1.87. The molecule has 27 heavy (non-hydrogen) atoms. The van der Waals surface area contributed by atoms with Gasteiger partial charge in [0, 0.05) is 5.56 Å². The van der Waals surface area contributed by atoms with Gasteiger partial charge in [-0.05, 0) is 30.3 Å². The van der Waals surface area contributed by atoms with Crippen LogP contribution in [0.1, 0.15) is 5.56 Å². The minimum absolute atomic E-state index is 0.129. The first-order valence-electron chi connectivity index (χ1n) is 8.57. The number of amides is 1. The van der Waals surface area contributed by atoms with Gasteiger partial charge in [0.05, 0.1) is 19.3 Å². The molecule has 1 N–H and O–H groups in total. The number of phenols is 1. The van der Waals surface area contributed by atoms with Crippen molar-refractivity contribution in [2.45, 2.75) is 6.54 Å².